The topological polar surface area (TPSA) is 97.2 Å². The minimum atomic E-state index is -0.294. The fourth-order valence-corrected chi connectivity index (χ4v) is 3.91. The number of thiazole rings is 1. The summed E-state index contributed by atoms with van der Waals surface area (Å²) in [7, 11) is 1.51. The number of nitrogens with zero attached hydrogens (tertiary/aromatic N) is 4. The van der Waals surface area contributed by atoms with E-state index in [1.807, 2.05) is 10.3 Å². The van der Waals surface area contributed by atoms with E-state index < -0.39 is 0 Å². The second-order valence-electron chi connectivity index (χ2n) is 7.35. The highest BCUT2D eigenvalue weighted by atomic mass is 32.1. The van der Waals surface area contributed by atoms with Crippen LogP contribution in [0.2, 0.25) is 0 Å². The molecule has 3 heterocycles. The molecule has 1 saturated heterocycles. The average molecular weight is 404 g/mol. The third-order valence-corrected chi connectivity index (χ3v) is 6.03. The van der Waals surface area contributed by atoms with Crippen LogP contribution in [0.15, 0.2) is 22.3 Å². The van der Waals surface area contributed by atoms with Crippen LogP contribution in [0.1, 0.15) is 58.6 Å². The van der Waals surface area contributed by atoms with Gasteiger partial charge < -0.3 is 10.2 Å². The van der Waals surface area contributed by atoms with Crippen molar-refractivity contribution < 1.29 is 9.59 Å². The highest BCUT2D eigenvalue weighted by molar-refractivity contribution is 7.09. The van der Waals surface area contributed by atoms with Crippen LogP contribution in [0, 0.1) is 5.92 Å². The highest BCUT2D eigenvalue weighted by Gasteiger charge is 2.25. The van der Waals surface area contributed by atoms with Gasteiger partial charge in [-0.05, 0) is 24.8 Å². The molecule has 2 amide bonds. The molecule has 0 bridgehead atoms. The lowest BCUT2D eigenvalue weighted by Crippen LogP contribution is -2.42. The molecule has 28 heavy (non-hydrogen) atoms. The largest absolute Gasteiger partial charge is 0.350 e. The Bertz CT molecular complexity index is 912. The van der Waals surface area contributed by atoms with Crippen molar-refractivity contribution in [2.24, 2.45) is 13.0 Å². The first-order valence-electron chi connectivity index (χ1n) is 9.42. The van der Waals surface area contributed by atoms with Crippen LogP contribution in [-0.2, 0) is 7.05 Å². The Morgan fingerprint density at radius 3 is 2.57 bits per heavy atom. The van der Waals surface area contributed by atoms with Crippen LogP contribution in [0.3, 0.4) is 0 Å². The average Bonchev–Trinajstić information content (AvgIpc) is 3.18. The Labute approximate surface area is 167 Å². The molecule has 2 aromatic heterocycles. The molecule has 0 radical (unpaired) electrons. The summed E-state index contributed by atoms with van der Waals surface area (Å²) in [5, 5.41) is 9.65. The molecule has 8 nitrogen and oxygen atoms in total. The van der Waals surface area contributed by atoms with Gasteiger partial charge in [0.2, 0.25) is 0 Å². The number of hydrogen-bond donors (Lipinski definition) is 1. The number of aromatic nitrogens is 3. The van der Waals surface area contributed by atoms with Crippen molar-refractivity contribution >= 4 is 23.2 Å². The molecule has 2 aromatic rings. The molecule has 0 aromatic carbocycles. The van der Waals surface area contributed by atoms with Crippen molar-refractivity contribution in [2.75, 3.05) is 19.6 Å². The van der Waals surface area contributed by atoms with E-state index in [0.717, 1.165) is 22.5 Å². The number of carbonyl (C=O) groups is 2. The standard InChI is InChI=1S/C19H25N5O3S/c1-12(2)18-21-15(11-28-18)19(27)24-8-6-13(7-9-24)10-20-17(26)14-4-5-16(25)23(3)22-14/h4-5,11-13H,6-10H2,1-3H3,(H,20,26). The quantitative estimate of drug-likeness (QED) is 0.819. The molecule has 1 aliphatic rings. The summed E-state index contributed by atoms with van der Waals surface area (Å²) in [4.78, 5) is 42.5. The maximum Gasteiger partial charge on any atom is 0.273 e. The molecular weight excluding hydrogens is 378 g/mol. The van der Waals surface area contributed by atoms with Gasteiger partial charge in [0.05, 0.1) is 5.01 Å². The highest BCUT2D eigenvalue weighted by Crippen LogP contribution is 2.22. The Hall–Kier alpha value is -2.55. The number of piperidine rings is 1. The van der Waals surface area contributed by atoms with Gasteiger partial charge in [-0.25, -0.2) is 9.67 Å². The third-order valence-electron chi connectivity index (χ3n) is 4.88. The molecule has 150 valence electrons. The van der Waals surface area contributed by atoms with Crippen molar-refractivity contribution in [3.05, 3.63) is 44.3 Å². The van der Waals surface area contributed by atoms with Crippen LogP contribution in [-0.4, -0.2) is 51.1 Å². The maximum atomic E-state index is 12.6. The van der Waals surface area contributed by atoms with Crippen molar-refractivity contribution in [1.82, 2.24) is 25.0 Å². The lowest BCUT2D eigenvalue weighted by Gasteiger charge is -2.31. The lowest BCUT2D eigenvalue weighted by molar-refractivity contribution is 0.0679. The third kappa shape index (κ3) is 4.64. The molecule has 1 aliphatic heterocycles. The van der Waals surface area contributed by atoms with E-state index in [9.17, 15) is 14.4 Å². The van der Waals surface area contributed by atoms with Gasteiger partial charge in [-0.15, -0.1) is 11.3 Å². The number of rotatable bonds is 5. The molecule has 0 unspecified atom stereocenters. The molecule has 0 saturated carbocycles. The van der Waals surface area contributed by atoms with Crippen LogP contribution >= 0.6 is 11.3 Å². The molecule has 0 spiro atoms. The van der Waals surface area contributed by atoms with Gasteiger partial charge >= 0.3 is 0 Å². The number of aryl methyl sites for hydroxylation is 1. The minimum Gasteiger partial charge on any atom is -0.350 e. The van der Waals surface area contributed by atoms with E-state index in [0.29, 0.717) is 37.2 Å². The van der Waals surface area contributed by atoms with Gasteiger partial charge in [-0.3, -0.25) is 14.4 Å². The molecule has 9 heteroatoms. The monoisotopic (exact) mass is 403 g/mol. The summed E-state index contributed by atoms with van der Waals surface area (Å²) in [5.41, 5.74) is 0.495. The Morgan fingerprint density at radius 1 is 1.25 bits per heavy atom. The van der Waals surface area contributed by atoms with Gasteiger partial charge in [0.1, 0.15) is 11.4 Å². The van der Waals surface area contributed by atoms with E-state index >= 15 is 0 Å². The minimum absolute atomic E-state index is 0.0139. The van der Waals surface area contributed by atoms with Crippen LogP contribution in [0.5, 0.6) is 0 Å². The van der Waals surface area contributed by atoms with Crippen molar-refractivity contribution in [3.8, 4) is 0 Å². The predicted octanol–water partition coefficient (Wildman–Crippen LogP) is 1.64. The lowest BCUT2D eigenvalue weighted by atomic mass is 9.96. The Balaban J connectivity index is 1.48. The second-order valence-corrected chi connectivity index (χ2v) is 8.24. The number of likely N-dealkylation sites (tertiary alicyclic amines) is 1. The van der Waals surface area contributed by atoms with Gasteiger partial charge in [0.25, 0.3) is 17.4 Å². The molecule has 3 rings (SSSR count). The first-order valence-corrected chi connectivity index (χ1v) is 10.3. The zero-order valence-corrected chi connectivity index (χ0v) is 17.2. The summed E-state index contributed by atoms with van der Waals surface area (Å²) in [6.07, 6.45) is 1.65. The normalized spacial score (nSPS) is 15.1. The van der Waals surface area contributed by atoms with E-state index in [-0.39, 0.29) is 23.1 Å². The fourth-order valence-electron chi connectivity index (χ4n) is 3.10. The second kappa shape index (κ2) is 8.64. The smallest absolute Gasteiger partial charge is 0.273 e. The number of carbonyl (C=O) groups excluding carboxylic acids is 2. The Morgan fingerprint density at radius 2 is 1.96 bits per heavy atom. The fraction of sp³-hybridized carbons (Fsp3) is 0.526. The SMILES string of the molecule is CC(C)c1nc(C(=O)N2CCC(CNC(=O)c3ccc(=O)n(C)n3)CC2)cs1. The molecular formula is C19H25N5O3S. The molecule has 0 atom stereocenters. The summed E-state index contributed by atoms with van der Waals surface area (Å²) < 4.78 is 1.14. The summed E-state index contributed by atoms with van der Waals surface area (Å²) in [5.74, 6) is 0.322. The summed E-state index contributed by atoms with van der Waals surface area (Å²) >= 11 is 1.53. The predicted molar refractivity (Wildman–Crippen MR) is 107 cm³/mol. The van der Waals surface area contributed by atoms with E-state index in [1.165, 1.54) is 30.5 Å². The van der Waals surface area contributed by atoms with Crippen molar-refractivity contribution in [3.63, 3.8) is 0 Å². The van der Waals surface area contributed by atoms with Gasteiger partial charge in [-0.2, -0.15) is 5.10 Å². The van der Waals surface area contributed by atoms with E-state index in [2.05, 4.69) is 29.2 Å². The van der Waals surface area contributed by atoms with Gasteiger partial charge in [0.15, 0.2) is 0 Å². The van der Waals surface area contributed by atoms with Gasteiger partial charge in [0, 0.05) is 44.0 Å². The van der Waals surface area contributed by atoms with Crippen LogP contribution in [0.4, 0.5) is 0 Å². The summed E-state index contributed by atoms with van der Waals surface area (Å²) in [6, 6.07) is 2.76. The van der Waals surface area contributed by atoms with Crippen molar-refractivity contribution in [1.29, 1.82) is 0 Å². The maximum absolute atomic E-state index is 12.6. The number of nitrogens with one attached hydrogen (secondary N) is 1. The van der Waals surface area contributed by atoms with E-state index in [1.54, 1.807) is 0 Å². The zero-order valence-electron chi connectivity index (χ0n) is 16.3. The van der Waals surface area contributed by atoms with Crippen LogP contribution in [0.25, 0.3) is 0 Å². The molecule has 0 aliphatic carbocycles. The van der Waals surface area contributed by atoms with Gasteiger partial charge in [-0.1, -0.05) is 13.8 Å². The van der Waals surface area contributed by atoms with Crippen LogP contribution < -0.4 is 10.9 Å². The summed E-state index contributed by atoms with van der Waals surface area (Å²) in [6.45, 7) is 5.98. The Kier molecular flexibility index (Phi) is 6.23. The first kappa shape index (κ1) is 20.2. The number of hydrogen-bond acceptors (Lipinski definition) is 6. The molecule has 1 N–H and O–H groups in total. The zero-order chi connectivity index (χ0) is 20.3. The van der Waals surface area contributed by atoms with E-state index in [4.69, 9.17) is 0 Å². The van der Waals surface area contributed by atoms with Crippen molar-refractivity contribution in [2.45, 2.75) is 32.6 Å². The number of amides is 2. The molecule has 1 fully saturated rings. The first-order chi connectivity index (χ1) is 13.3.